The smallest absolute Gasteiger partial charge is 0.257 e. The number of nitrogens with one attached hydrogen (secondary N) is 2. The van der Waals surface area contributed by atoms with E-state index in [1.165, 1.54) is 18.0 Å². The number of carbonyl (C=O) groups excluding carboxylic acids is 2. The fraction of sp³-hybridized carbons (Fsp3) is 0.208. The van der Waals surface area contributed by atoms with Gasteiger partial charge in [0, 0.05) is 24.6 Å². The van der Waals surface area contributed by atoms with Crippen molar-refractivity contribution in [1.29, 1.82) is 0 Å². The van der Waals surface area contributed by atoms with Gasteiger partial charge in [0.05, 0.1) is 11.1 Å². The number of para-hydroxylation sites is 1. The van der Waals surface area contributed by atoms with E-state index >= 15 is 0 Å². The van der Waals surface area contributed by atoms with Crippen LogP contribution in [0.15, 0.2) is 60.9 Å². The number of nitrogens with zero attached hydrogens (tertiary/aromatic N) is 1. The summed E-state index contributed by atoms with van der Waals surface area (Å²) in [5.74, 6) is -0.549. The molecule has 2 amide bonds. The standard InChI is InChI=1S/C24H25N3O2/c1-4-19-7-5-6-17(3)22(19)27-24(29)21-12-20(14-25-15-21)23(28)26-13-18-10-8-16(2)9-11-18/h5-12,14-15H,4,13H2,1-3H3,(H,26,28)(H,27,29). The first kappa shape index (κ1) is 20.3. The van der Waals surface area contributed by atoms with Crippen LogP contribution >= 0.6 is 0 Å². The minimum absolute atomic E-state index is 0.266. The van der Waals surface area contributed by atoms with Gasteiger partial charge < -0.3 is 10.6 Å². The van der Waals surface area contributed by atoms with Gasteiger partial charge in [0.2, 0.25) is 0 Å². The Morgan fingerprint density at radius 3 is 2.31 bits per heavy atom. The molecule has 0 spiro atoms. The number of pyridine rings is 1. The highest BCUT2D eigenvalue weighted by atomic mass is 16.2. The van der Waals surface area contributed by atoms with Crippen molar-refractivity contribution in [2.75, 3.05) is 5.32 Å². The highest BCUT2D eigenvalue weighted by molar-refractivity contribution is 6.06. The molecule has 0 aliphatic rings. The Kier molecular flexibility index (Phi) is 6.39. The van der Waals surface area contributed by atoms with Crippen molar-refractivity contribution >= 4 is 17.5 Å². The number of carbonyl (C=O) groups is 2. The molecule has 0 unspecified atom stereocenters. The van der Waals surface area contributed by atoms with E-state index in [4.69, 9.17) is 0 Å². The van der Waals surface area contributed by atoms with E-state index in [1.807, 2.05) is 63.2 Å². The van der Waals surface area contributed by atoms with Gasteiger partial charge in [-0.2, -0.15) is 0 Å². The van der Waals surface area contributed by atoms with Gasteiger partial charge in [-0.25, -0.2) is 0 Å². The third kappa shape index (κ3) is 5.08. The van der Waals surface area contributed by atoms with E-state index in [0.29, 0.717) is 17.7 Å². The van der Waals surface area contributed by atoms with Crippen LogP contribution in [-0.4, -0.2) is 16.8 Å². The molecule has 3 rings (SSSR count). The molecule has 5 nitrogen and oxygen atoms in total. The van der Waals surface area contributed by atoms with E-state index in [9.17, 15) is 9.59 Å². The second-order valence-corrected chi connectivity index (χ2v) is 7.05. The fourth-order valence-corrected chi connectivity index (χ4v) is 3.07. The van der Waals surface area contributed by atoms with Crippen molar-refractivity contribution in [3.63, 3.8) is 0 Å². The van der Waals surface area contributed by atoms with Gasteiger partial charge in [0.15, 0.2) is 0 Å². The molecule has 2 N–H and O–H groups in total. The number of amides is 2. The third-order valence-electron chi connectivity index (χ3n) is 4.81. The van der Waals surface area contributed by atoms with Crippen LogP contribution in [0.1, 0.15) is 49.9 Å². The van der Waals surface area contributed by atoms with E-state index in [1.54, 1.807) is 6.07 Å². The second kappa shape index (κ2) is 9.15. The summed E-state index contributed by atoms with van der Waals surface area (Å²) in [5.41, 5.74) is 5.76. The highest BCUT2D eigenvalue weighted by Gasteiger charge is 2.14. The predicted molar refractivity (Wildman–Crippen MR) is 115 cm³/mol. The zero-order valence-electron chi connectivity index (χ0n) is 17.0. The molecule has 0 radical (unpaired) electrons. The number of aromatic nitrogens is 1. The highest BCUT2D eigenvalue weighted by Crippen LogP contribution is 2.22. The maximum atomic E-state index is 12.7. The van der Waals surface area contributed by atoms with Crippen LogP contribution in [-0.2, 0) is 13.0 Å². The Hall–Kier alpha value is -3.47. The molecule has 0 aliphatic heterocycles. The Balaban J connectivity index is 1.71. The molecule has 5 heteroatoms. The lowest BCUT2D eigenvalue weighted by atomic mass is 10.1. The number of rotatable bonds is 6. The second-order valence-electron chi connectivity index (χ2n) is 7.05. The summed E-state index contributed by atoms with van der Waals surface area (Å²) < 4.78 is 0. The lowest BCUT2D eigenvalue weighted by molar-refractivity contribution is 0.0950. The third-order valence-corrected chi connectivity index (χ3v) is 4.81. The molecular weight excluding hydrogens is 362 g/mol. The van der Waals surface area contributed by atoms with Gasteiger partial charge in [-0.1, -0.05) is 55.0 Å². The average Bonchev–Trinajstić information content (AvgIpc) is 2.74. The van der Waals surface area contributed by atoms with Gasteiger partial charge in [-0.15, -0.1) is 0 Å². The summed E-state index contributed by atoms with van der Waals surface area (Å²) in [5, 5.41) is 5.83. The minimum Gasteiger partial charge on any atom is -0.348 e. The number of aryl methyl sites for hydroxylation is 3. The van der Waals surface area contributed by atoms with Gasteiger partial charge in [0.1, 0.15) is 0 Å². The number of anilines is 1. The van der Waals surface area contributed by atoms with Gasteiger partial charge in [-0.3, -0.25) is 14.6 Å². The Bertz CT molecular complexity index is 1030. The first-order valence-electron chi connectivity index (χ1n) is 9.66. The monoisotopic (exact) mass is 387 g/mol. The van der Waals surface area contributed by atoms with Crippen LogP contribution in [0, 0.1) is 13.8 Å². The molecule has 0 saturated carbocycles. The Labute approximate surface area is 171 Å². The zero-order chi connectivity index (χ0) is 20.8. The van der Waals surface area contributed by atoms with Crippen LogP contribution in [0.3, 0.4) is 0 Å². The van der Waals surface area contributed by atoms with Crippen molar-refractivity contribution in [3.05, 3.63) is 94.3 Å². The van der Waals surface area contributed by atoms with Gasteiger partial charge >= 0.3 is 0 Å². The van der Waals surface area contributed by atoms with Crippen LogP contribution in [0.4, 0.5) is 5.69 Å². The number of benzene rings is 2. The Morgan fingerprint density at radius 2 is 1.62 bits per heavy atom. The molecule has 0 fully saturated rings. The molecule has 3 aromatic rings. The summed E-state index contributed by atoms with van der Waals surface area (Å²) in [7, 11) is 0. The first-order valence-corrected chi connectivity index (χ1v) is 9.66. The fourth-order valence-electron chi connectivity index (χ4n) is 3.07. The average molecular weight is 387 g/mol. The summed E-state index contributed by atoms with van der Waals surface area (Å²) in [6.45, 7) is 6.44. The predicted octanol–water partition coefficient (Wildman–Crippen LogP) is 4.44. The van der Waals surface area contributed by atoms with E-state index in [-0.39, 0.29) is 11.8 Å². The molecule has 0 atom stereocenters. The quantitative estimate of drug-likeness (QED) is 0.657. The summed E-state index contributed by atoms with van der Waals surface area (Å²) in [6.07, 6.45) is 3.75. The largest absolute Gasteiger partial charge is 0.348 e. The summed E-state index contributed by atoms with van der Waals surface area (Å²) in [4.78, 5) is 29.3. The maximum Gasteiger partial charge on any atom is 0.257 e. The lowest BCUT2D eigenvalue weighted by Gasteiger charge is -2.13. The maximum absolute atomic E-state index is 12.7. The van der Waals surface area contributed by atoms with E-state index in [2.05, 4.69) is 15.6 Å². The number of hydrogen-bond acceptors (Lipinski definition) is 3. The molecule has 148 valence electrons. The van der Waals surface area contributed by atoms with E-state index < -0.39 is 0 Å². The molecule has 0 bridgehead atoms. The van der Waals surface area contributed by atoms with E-state index in [0.717, 1.165) is 28.8 Å². The molecular formula is C24H25N3O2. The Morgan fingerprint density at radius 1 is 0.931 bits per heavy atom. The van der Waals surface area contributed by atoms with Crippen molar-refractivity contribution < 1.29 is 9.59 Å². The SMILES string of the molecule is CCc1cccc(C)c1NC(=O)c1cncc(C(=O)NCc2ccc(C)cc2)c1. The topological polar surface area (TPSA) is 71.1 Å². The zero-order valence-corrected chi connectivity index (χ0v) is 17.0. The van der Waals surface area contributed by atoms with Crippen LogP contribution in [0.5, 0.6) is 0 Å². The van der Waals surface area contributed by atoms with Crippen LogP contribution < -0.4 is 10.6 Å². The molecule has 0 aliphatic carbocycles. The van der Waals surface area contributed by atoms with Crippen molar-refractivity contribution in [1.82, 2.24) is 10.3 Å². The van der Waals surface area contributed by atoms with Crippen LogP contribution in [0.25, 0.3) is 0 Å². The first-order chi connectivity index (χ1) is 14.0. The molecule has 0 saturated heterocycles. The lowest BCUT2D eigenvalue weighted by Crippen LogP contribution is -2.23. The summed E-state index contributed by atoms with van der Waals surface area (Å²) >= 11 is 0. The van der Waals surface area contributed by atoms with Crippen molar-refractivity contribution in [3.8, 4) is 0 Å². The molecule has 1 aromatic heterocycles. The van der Waals surface area contributed by atoms with Gasteiger partial charge in [0.25, 0.3) is 11.8 Å². The summed E-state index contributed by atoms with van der Waals surface area (Å²) in [6, 6.07) is 15.5. The molecule has 1 heterocycles. The molecule has 2 aromatic carbocycles. The van der Waals surface area contributed by atoms with Crippen molar-refractivity contribution in [2.45, 2.75) is 33.7 Å². The van der Waals surface area contributed by atoms with Gasteiger partial charge in [-0.05, 0) is 43.0 Å². The molecule has 29 heavy (non-hydrogen) atoms. The number of hydrogen-bond donors (Lipinski definition) is 2. The normalized spacial score (nSPS) is 10.4. The van der Waals surface area contributed by atoms with Crippen LogP contribution in [0.2, 0.25) is 0 Å². The minimum atomic E-state index is -0.283. The van der Waals surface area contributed by atoms with Crippen molar-refractivity contribution in [2.24, 2.45) is 0 Å².